The summed E-state index contributed by atoms with van der Waals surface area (Å²) in [6.07, 6.45) is 0. The van der Waals surface area contributed by atoms with Gasteiger partial charge in [-0.1, -0.05) is 68.4 Å². The molecule has 0 unspecified atom stereocenters. The number of halogens is 1. The van der Waals surface area contributed by atoms with Crippen molar-refractivity contribution in [2.75, 3.05) is 18.5 Å². The molecule has 0 bridgehead atoms. The summed E-state index contributed by atoms with van der Waals surface area (Å²) in [6, 6.07) is 22.5. The highest BCUT2D eigenvalue weighted by Gasteiger charge is 2.22. The van der Waals surface area contributed by atoms with Crippen molar-refractivity contribution in [3.8, 4) is 5.75 Å². The number of nitrogens with one attached hydrogen (secondary N) is 2. The fourth-order valence-electron chi connectivity index (χ4n) is 3.06. The molecule has 0 fully saturated rings. The van der Waals surface area contributed by atoms with Gasteiger partial charge in [0.05, 0.1) is 11.3 Å². The molecule has 31 heavy (non-hydrogen) atoms. The number of para-hydroxylation sites is 2. The van der Waals surface area contributed by atoms with Crippen molar-refractivity contribution in [2.24, 2.45) is 0 Å². The summed E-state index contributed by atoms with van der Waals surface area (Å²) in [5, 5.41) is 5.40. The standard InChI is InChI=1S/C25H25FN2O3/c1-25(2,18-10-4-3-5-11-18)17-27-24(30)19-12-6-9-15-22(19)31-16-23(29)28-21-14-8-7-13-20(21)26/h3-15H,16-17H2,1-2H3,(H,27,30)(H,28,29). The van der Waals surface area contributed by atoms with Gasteiger partial charge in [-0.3, -0.25) is 9.59 Å². The highest BCUT2D eigenvalue weighted by molar-refractivity contribution is 5.97. The zero-order valence-corrected chi connectivity index (χ0v) is 17.5. The third kappa shape index (κ3) is 5.92. The molecule has 0 atom stereocenters. The average molecular weight is 420 g/mol. The van der Waals surface area contributed by atoms with Crippen LogP contribution in [-0.2, 0) is 10.2 Å². The smallest absolute Gasteiger partial charge is 0.262 e. The molecule has 0 radical (unpaired) electrons. The van der Waals surface area contributed by atoms with Crippen LogP contribution in [0.4, 0.5) is 10.1 Å². The molecule has 0 aliphatic rings. The maximum Gasteiger partial charge on any atom is 0.262 e. The molecule has 2 N–H and O–H groups in total. The third-order valence-electron chi connectivity index (χ3n) is 4.88. The summed E-state index contributed by atoms with van der Waals surface area (Å²) < 4.78 is 19.2. The number of anilines is 1. The Labute approximate surface area is 181 Å². The lowest BCUT2D eigenvalue weighted by Gasteiger charge is -2.25. The quantitative estimate of drug-likeness (QED) is 0.562. The van der Waals surface area contributed by atoms with Crippen LogP contribution in [0.2, 0.25) is 0 Å². The molecule has 6 heteroatoms. The molecule has 3 aromatic carbocycles. The van der Waals surface area contributed by atoms with Crippen LogP contribution < -0.4 is 15.4 Å². The molecule has 3 aromatic rings. The molecule has 160 valence electrons. The molecule has 0 spiro atoms. The number of amides is 2. The van der Waals surface area contributed by atoms with E-state index in [1.54, 1.807) is 30.3 Å². The van der Waals surface area contributed by atoms with Crippen LogP contribution in [0.5, 0.6) is 5.75 Å². The molecular weight excluding hydrogens is 395 g/mol. The zero-order valence-electron chi connectivity index (χ0n) is 17.5. The number of ether oxygens (including phenoxy) is 1. The first-order chi connectivity index (χ1) is 14.9. The largest absolute Gasteiger partial charge is 0.483 e. The predicted octanol–water partition coefficient (Wildman–Crippen LogP) is 4.55. The topological polar surface area (TPSA) is 67.4 Å². The van der Waals surface area contributed by atoms with E-state index in [2.05, 4.69) is 24.5 Å². The van der Waals surface area contributed by atoms with Crippen LogP contribution in [0.3, 0.4) is 0 Å². The zero-order chi connectivity index (χ0) is 22.3. The molecule has 5 nitrogen and oxygen atoms in total. The first-order valence-electron chi connectivity index (χ1n) is 9.97. The Balaban J connectivity index is 1.61. The summed E-state index contributed by atoms with van der Waals surface area (Å²) >= 11 is 0. The van der Waals surface area contributed by atoms with Crippen molar-refractivity contribution >= 4 is 17.5 Å². The van der Waals surface area contributed by atoms with Gasteiger partial charge in [-0.25, -0.2) is 4.39 Å². The van der Waals surface area contributed by atoms with E-state index in [0.717, 1.165) is 5.56 Å². The molecule has 2 amide bonds. The van der Waals surface area contributed by atoms with Gasteiger partial charge < -0.3 is 15.4 Å². The summed E-state index contributed by atoms with van der Waals surface area (Å²) in [6.45, 7) is 4.18. The van der Waals surface area contributed by atoms with E-state index in [0.29, 0.717) is 12.1 Å². The molecule has 0 saturated heterocycles. The number of hydrogen-bond donors (Lipinski definition) is 2. The van der Waals surface area contributed by atoms with Crippen LogP contribution in [0.25, 0.3) is 0 Å². The number of carbonyl (C=O) groups is 2. The van der Waals surface area contributed by atoms with Crippen LogP contribution in [0.1, 0.15) is 29.8 Å². The maximum atomic E-state index is 13.7. The number of rotatable bonds is 8. The van der Waals surface area contributed by atoms with Crippen LogP contribution in [-0.4, -0.2) is 25.0 Å². The normalized spacial score (nSPS) is 10.9. The van der Waals surface area contributed by atoms with Crippen LogP contribution in [0.15, 0.2) is 78.9 Å². The maximum absolute atomic E-state index is 13.7. The Morgan fingerprint density at radius 3 is 2.29 bits per heavy atom. The first-order valence-corrected chi connectivity index (χ1v) is 9.97. The fourth-order valence-corrected chi connectivity index (χ4v) is 3.06. The highest BCUT2D eigenvalue weighted by atomic mass is 19.1. The van der Waals surface area contributed by atoms with Crippen molar-refractivity contribution in [2.45, 2.75) is 19.3 Å². The van der Waals surface area contributed by atoms with Crippen LogP contribution in [0, 0.1) is 5.82 Å². The number of benzene rings is 3. The summed E-state index contributed by atoms with van der Waals surface area (Å²) in [4.78, 5) is 24.9. The highest BCUT2D eigenvalue weighted by Crippen LogP contribution is 2.23. The van der Waals surface area contributed by atoms with E-state index >= 15 is 0 Å². The van der Waals surface area contributed by atoms with E-state index in [1.165, 1.54) is 18.2 Å². The van der Waals surface area contributed by atoms with Gasteiger partial charge in [0.1, 0.15) is 11.6 Å². The second-order valence-electron chi connectivity index (χ2n) is 7.75. The van der Waals surface area contributed by atoms with Gasteiger partial charge in [0.15, 0.2) is 6.61 Å². The Hall–Kier alpha value is -3.67. The predicted molar refractivity (Wildman–Crippen MR) is 119 cm³/mol. The average Bonchev–Trinajstić information content (AvgIpc) is 2.78. The Kier molecular flexibility index (Phi) is 7.03. The van der Waals surface area contributed by atoms with Crippen molar-refractivity contribution in [3.63, 3.8) is 0 Å². The van der Waals surface area contributed by atoms with Gasteiger partial charge in [0, 0.05) is 12.0 Å². The minimum atomic E-state index is -0.531. The second-order valence-corrected chi connectivity index (χ2v) is 7.75. The fraction of sp³-hybridized carbons (Fsp3) is 0.200. The van der Waals surface area contributed by atoms with Gasteiger partial charge >= 0.3 is 0 Å². The lowest BCUT2D eigenvalue weighted by atomic mass is 9.84. The van der Waals surface area contributed by atoms with E-state index in [1.807, 2.05) is 30.3 Å². The third-order valence-corrected chi connectivity index (χ3v) is 4.88. The second kappa shape index (κ2) is 9.89. The minimum absolute atomic E-state index is 0.0743. The SMILES string of the molecule is CC(C)(CNC(=O)c1ccccc1OCC(=O)Nc1ccccc1F)c1ccccc1. The van der Waals surface area contributed by atoms with E-state index in [9.17, 15) is 14.0 Å². The first kappa shape index (κ1) is 22.0. The van der Waals surface area contributed by atoms with Crippen molar-refractivity contribution in [3.05, 3.63) is 95.8 Å². The number of hydrogen-bond acceptors (Lipinski definition) is 3. The monoisotopic (exact) mass is 420 g/mol. The Morgan fingerprint density at radius 1 is 0.903 bits per heavy atom. The van der Waals surface area contributed by atoms with Crippen molar-refractivity contribution in [1.29, 1.82) is 0 Å². The van der Waals surface area contributed by atoms with Crippen molar-refractivity contribution in [1.82, 2.24) is 5.32 Å². The van der Waals surface area contributed by atoms with Gasteiger partial charge in [-0.05, 0) is 29.8 Å². The van der Waals surface area contributed by atoms with Gasteiger partial charge in [-0.2, -0.15) is 0 Å². The lowest BCUT2D eigenvalue weighted by molar-refractivity contribution is -0.118. The summed E-state index contributed by atoms with van der Waals surface area (Å²) in [5.41, 5.74) is 1.26. The lowest BCUT2D eigenvalue weighted by Crippen LogP contribution is -2.36. The molecular formula is C25H25FN2O3. The number of carbonyl (C=O) groups excluding carboxylic acids is 2. The summed E-state index contributed by atoms with van der Waals surface area (Å²) in [7, 11) is 0. The molecule has 0 heterocycles. The Morgan fingerprint density at radius 2 is 1.55 bits per heavy atom. The van der Waals surface area contributed by atoms with Gasteiger partial charge in [0.2, 0.25) is 0 Å². The van der Waals surface area contributed by atoms with E-state index in [-0.39, 0.29) is 29.4 Å². The molecule has 3 rings (SSSR count). The van der Waals surface area contributed by atoms with Crippen molar-refractivity contribution < 1.29 is 18.7 Å². The molecule has 0 saturated carbocycles. The molecule has 0 aromatic heterocycles. The summed E-state index contributed by atoms with van der Waals surface area (Å²) in [5.74, 6) is -1.07. The minimum Gasteiger partial charge on any atom is -0.483 e. The Bertz CT molecular complexity index is 1050. The van der Waals surface area contributed by atoms with Gasteiger partial charge in [-0.15, -0.1) is 0 Å². The van der Waals surface area contributed by atoms with Gasteiger partial charge in [0.25, 0.3) is 11.8 Å². The van der Waals surface area contributed by atoms with Crippen LogP contribution >= 0.6 is 0 Å². The van der Waals surface area contributed by atoms with E-state index in [4.69, 9.17) is 4.74 Å². The molecule has 0 aliphatic carbocycles. The molecule has 0 aliphatic heterocycles. The van der Waals surface area contributed by atoms with E-state index < -0.39 is 11.7 Å².